The third-order valence-corrected chi connectivity index (χ3v) is 0. The number of aliphatic hydroxyl groups is 2. The van der Waals surface area contributed by atoms with Crippen LogP contribution in [0.4, 0.5) is 0 Å². The van der Waals surface area contributed by atoms with E-state index in [1.165, 1.54) is 0 Å². The van der Waals surface area contributed by atoms with Crippen molar-refractivity contribution >= 4 is 0 Å². The predicted octanol–water partition coefficient (Wildman–Crippen LogP) is -3.78. The summed E-state index contributed by atoms with van der Waals surface area (Å²) in [6.07, 6.45) is 0. The van der Waals surface area contributed by atoms with Gasteiger partial charge in [0.05, 0.1) is 0 Å². The topological polar surface area (TPSA) is 40.5 Å². The van der Waals surface area contributed by atoms with Gasteiger partial charge in [-0.25, -0.2) is 0 Å². The first-order chi connectivity index (χ1) is 2.00. The molecule has 4 heteroatoms. The molecule has 0 bridgehead atoms. The van der Waals surface area contributed by atoms with Gasteiger partial charge in [0, 0.05) is 35.9 Å². The second kappa shape index (κ2) is 168. The molecule has 40 valence electrons. The van der Waals surface area contributed by atoms with E-state index in [0.717, 1.165) is 14.2 Å². The molecule has 0 saturated carbocycles. The van der Waals surface area contributed by atoms with Gasteiger partial charge in [0.15, 0.2) is 0 Å². The van der Waals surface area contributed by atoms with Crippen LogP contribution in [0.3, 0.4) is 0 Å². The molecular formula is C2H8ClO2Ti-. The SMILES string of the molecule is CO.CO.[Cl-].[Ti]. The average molecular weight is 147 g/mol. The Morgan fingerprint density at radius 1 is 0.833 bits per heavy atom. The maximum atomic E-state index is 7.00. The molecule has 0 aromatic heterocycles. The van der Waals surface area contributed by atoms with Gasteiger partial charge in [-0.2, -0.15) is 0 Å². The molecule has 0 aliphatic carbocycles. The Morgan fingerprint density at radius 3 is 0.833 bits per heavy atom. The maximum absolute atomic E-state index is 7.00. The second-order valence-electron chi connectivity index (χ2n) is 0. The summed E-state index contributed by atoms with van der Waals surface area (Å²) in [5.41, 5.74) is 0. The maximum Gasteiger partial charge on any atom is 0.0319 e. The second-order valence-corrected chi connectivity index (χ2v) is 0. The normalized spacial score (nSPS) is 2.00. The van der Waals surface area contributed by atoms with Crippen LogP contribution in [0.1, 0.15) is 0 Å². The Hall–Kier alpha value is 0.924. The molecule has 0 aromatic rings. The summed E-state index contributed by atoms with van der Waals surface area (Å²) in [6.45, 7) is 0. The molecule has 2 nitrogen and oxygen atoms in total. The van der Waals surface area contributed by atoms with Gasteiger partial charge in [0.2, 0.25) is 0 Å². The molecular weight excluding hydrogens is 139 g/mol. The van der Waals surface area contributed by atoms with E-state index >= 15 is 0 Å². The van der Waals surface area contributed by atoms with Crippen LogP contribution < -0.4 is 12.4 Å². The number of hydrogen-bond donors (Lipinski definition) is 2. The van der Waals surface area contributed by atoms with E-state index < -0.39 is 0 Å². The zero-order valence-corrected chi connectivity index (χ0v) is 6.09. The quantitative estimate of drug-likeness (QED) is 0.345. The Balaban J connectivity index is -0.00000000500. The fourth-order valence-corrected chi connectivity index (χ4v) is 0. The molecule has 0 aliphatic rings. The van der Waals surface area contributed by atoms with E-state index in [4.69, 9.17) is 10.2 Å². The van der Waals surface area contributed by atoms with Crippen LogP contribution in [0.15, 0.2) is 0 Å². The van der Waals surface area contributed by atoms with Gasteiger partial charge in [-0.15, -0.1) is 0 Å². The minimum Gasteiger partial charge on any atom is -1.00 e. The van der Waals surface area contributed by atoms with Gasteiger partial charge in [-0.05, 0) is 0 Å². The molecule has 0 unspecified atom stereocenters. The standard InChI is InChI=1S/2CH4O.ClH.Ti/c2*1-2;;/h2*2H,1H3;1H;/p-1. The van der Waals surface area contributed by atoms with Crippen LogP contribution >= 0.6 is 0 Å². The largest absolute Gasteiger partial charge is 1.00 e. The van der Waals surface area contributed by atoms with Crippen molar-refractivity contribution in [3.63, 3.8) is 0 Å². The first kappa shape index (κ1) is 28.4. The van der Waals surface area contributed by atoms with E-state index in [-0.39, 0.29) is 34.1 Å². The van der Waals surface area contributed by atoms with Gasteiger partial charge in [-0.3, -0.25) is 0 Å². The van der Waals surface area contributed by atoms with Crippen LogP contribution in [0, 0.1) is 0 Å². The van der Waals surface area contributed by atoms with Crippen LogP contribution in [-0.2, 0) is 21.7 Å². The first-order valence-corrected chi connectivity index (χ1v) is 0.894. The summed E-state index contributed by atoms with van der Waals surface area (Å²) < 4.78 is 0. The molecule has 0 spiro atoms. The van der Waals surface area contributed by atoms with Crippen molar-refractivity contribution in [1.29, 1.82) is 0 Å². The Morgan fingerprint density at radius 2 is 0.833 bits per heavy atom. The summed E-state index contributed by atoms with van der Waals surface area (Å²) in [4.78, 5) is 0. The first-order valence-electron chi connectivity index (χ1n) is 0.894. The number of rotatable bonds is 0. The zero-order chi connectivity index (χ0) is 4.00. The van der Waals surface area contributed by atoms with Gasteiger partial charge >= 0.3 is 0 Å². The van der Waals surface area contributed by atoms with Crippen molar-refractivity contribution in [1.82, 2.24) is 0 Å². The van der Waals surface area contributed by atoms with Gasteiger partial charge < -0.3 is 22.6 Å². The van der Waals surface area contributed by atoms with E-state index in [2.05, 4.69) is 0 Å². The van der Waals surface area contributed by atoms with Crippen molar-refractivity contribution in [3.05, 3.63) is 0 Å². The molecule has 0 fully saturated rings. The smallest absolute Gasteiger partial charge is 0.0319 e. The van der Waals surface area contributed by atoms with Crippen molar-refractivity contribution in [3.8, 4) is 0 Å². The van der Waals surface area contributed by atoms with Crippen molar-refractivity contribution in [2.75, 3.05) is 14.2 Å². The minimum absolute atomic E-state index is 0. The summed E-state index contributed by atoms with van der Waals surface area (Å²) >= 11 is 0. The van der Waals surface area contributed by atoms with E-state index in [1.807, 2.05) is 0 Å². The minimum atomic E-state index is 0. The summed E-state index contributed by atoms with van der Waals surface area (Å²) in [7, 11) is 2.00. The van der Waals surface area contributed by atoms with Crippen LogP contribution in [0.5, 0.6) is 0 Å². The van der Waals surface area contributed by atoms with Crippen molar-refractivity contribution in [2.24, 2.45) is 0 Å². The molecule has 0 rings (SSSR count). The van der Waals surface area contributed by atoms with Crippen molar-refractivity contribution < 1.29 is 44.3 Å². The van der Waals surface area contributed by atoms with Gasteiger partial charge in [0.25, 0.3) is 0 Å². The van der Waals surface area contributed by atoms with Crippen LogP contribution in [-0.4, -0.2) is 24.4 Å². The monoisotopic (exact) mass is 147 g/mol. The molecule has 0 atom stereocenters. The van der Waals surface area contributed by atoms with Crippen molar-refractivity contribution in [2.45, 2.75) is 0 Å². The molecule has 0 radical (unpaired) electrons. The fraction of sp³-hybridized carbons (Fsp3) is 1.00. The third-order valence-electron chi connectivity index (χ3n) is 0. The average Bonchev–Trinajstić information content (AvgIpc) is 1.50. The Kier molecular flexibility index (Phi) is 796. The third kappa shape index (κ3) is 88.8. The molecule has 2 N–H and O–H groups in total. The molecule has 6 heavy (non-hydrogen) atoms. The fourth-order valence-electron chi connectivity index (χ4n) is 0. The van der Waals surface area contributed by atoms with Gasteiger partial charge in [-0.1, -0.05) is 0 Å². The van der Waals surface area contributed by atoms with Crippen LogP contribution in [0.25, 0.3) is 0 Å². The van der Waals surface area contributed by atoms with E-state index in [0.29, 0.717) is 0 Å². The molecule has 0 amide bonds. The Bertz CT molecular complexity index is 11.5. The van der Waals surface area contributed by atoms with Crippen LogP contribution in [0.2, 0.25) is 0 Å². The van der Waals surface area contributed by atoms with Gasteiger partial charge in [0.1, 0.15) is 0 Å². The van der Waals surface area contributed by atoms with E-state index in [9.17, 15) is 0 Å². The molecule has 0 aliphatic heterocycles. The van der Waals surface area contributed by atoms with E-state index in [1.54, 1.807) is 0 Å². The number of hydrogen-bond acceptors (Lipinski definition) is 2. The summed E-state index contributed by atoms with van der Waals surface area (Å²) in [6, 6.07) is 0. The zero-order valence-electron chi connectivity index (χ0n) is 3.77. The Labute approximate surface area is 58.9 Å². The molecule has 0 heterocycles. The molecule has 0 saturated heterocycles. The molecule has 0 aromatic carbocycles. The summed E-state index contributed by atoms with van der Waals surface area (Å²) in [5, 5.41) is 14.0. The predicted molar refractivity (Wildman–Crippen MR) is 16.3 cm³/mol. The number of aliphatic hydroxyl groups excluding tert-OH is 2. The number of halogens is 1. The summed E-state index contributed by atoms with van der Waals surface area (Å²) in [5.74, 6) is 0.